The van der Waals surface area contributed by atoms with Crippen molar-refractivity contribution in [3.63, 3.8) is 0 Å². The monoisotopic (exact) mass is 342 g/mol. The van der Waals surface area contributed by atoms with Gasteiger partial charge in [-0.15, -0.1) is 0 Å². The Labute approximate surface area is 137 Å². The summed E-state index contributed by atoms with van der Waals surface area (Å²) in [5, 5.41) is 11.0. The Balaban J connectivity index is 2.21. The first-order chi connectivity index (χ1) is 12.0. The van der Waals surface area contributed by atoms with E-state index in [1.807, 2.05) is 4.98 Å². The maximum atomic E-state index is 12.5. The number of aromatic nitrogens is 5. The van der Waals surface area contributed by atoms with Gasteiger partial charge in [0, 0.05) is 17.1 Å². The van der Waals surface area contributed by atoms with E-state index in [4.69, 9.17) is 5.73 Å². The highest BCUT2D eigenvalue weighted by Gasteiger charge is 2.20. The third-order valence-electron chi connectivity index (χ3n) is 4.10. The summed E-state index contributed by atoms with van der Waals surface area (Å²) in [6.07, 6.45) is 2.26. The number of phenols is 1. The molecule has 0 unspecified atom stereocenters. The summed E-state index contributed by atoms with van der Waals surface area (Å²) in [5.41, 5.74) is 5.03. The fourth-order valence-corrected chi connectivity index (χ4v) is 3.08. The number of phenolic OH excluding ortho intramolecular Hbond substituents is 1. The van der Waals surface area contributed by atoms with Gasteiger partial charge in [-0.3, -0.25) is 19.7 Å². The van der Waals surface area contributed by atoms with Crippen molar-refractivity contribution in [2.45, 2.75) is 6.42 Å². The first-order valence-corrected chi connectivity index (χ1v) is 7.51. The maximum absolute atomic E-state index is 12.5. The molecule has 3 aromatic heterocycles. The number of H-pyrrole nitrogens is 4. The Morgan fingerprint density at radius 1 is 1.12 bits per heavy atom. The number of imidazole rings is 1. The number of nitrogens with zero attached hydrogens (tertiary/aromatic N) is 1. The van der Waals surface area contributed by atoms with E-state index >= 15 is 0 Å². The second-order valence-electron chi connectivity index (χ2n) is 5.61. The molecule has 3 heterocycles. The van der Waals surface area contributed by atoms with Crippen molar-refractivity contribution >= 4 is 22.1 Å². The van der Waals surface area contributed by atoms with Crippen LogP contribution in [0.1, 0.15) is 5.56 Å². The topological polar surface area (TPSA) is 166 Å². The van der Waals surface area contributed by atoms with Crippen molar-refractivity contribution in [1.82, 2.24) is 24.5 Å². The Bertz CT molecular complexity index is 1290. The van der Waals surface area contributed by atoms with E-state index in [1.165, 1.54) is 6.07 Å². The van der Waals surface area contributed by atoms with Crippen molar-refractivity contribution in [3.05, 3.63) is 55.2 Å². The van der Waals surface area contributed by atoms with Crippen LogP contribution in [0.25, 0.3) is 27.8 Å². The molecule has 0 amide bonds. The standard InChI is InChI=1S/C15H14N6O4/c16-4-3-6-5-17-7-1-2-8(22)11(9(6)7)21-12-10(18-15(21)25)13(23)20-14(24)19-12/h1-2,5,17,22H,3-4,16H2,(H,18,25)(H2,19,20,23,24). The highest BCUT2D eigenvalue weighted by atomic mass is 16.3. The normalized spacial score (nSPS) is 11.6. The van der Waals surface area contributed by atoms with Gasteiger partial charge in [-0.25, -0.2) is 14.2 Å². The highest BCUT2D eigenvalue weighted by molar-refractivity contribution is 5.95. The Hall–Kier alpha value is -3.53. The van der Waals surface area contributed by atoms with Gasteiger partial charge in [0.2, 0.25) is 0 Å². The number of hydrogen-bond donors (Lipinski definition) is 6. The summed E-state index contributed by atoms with van der Waals surface area (Å²) in [6, 6.07) is 3.10. The van der Waals surface area contributed by atoms with Crippen LogP contribution in [-0.2, 0) is 6.42 Å². The van der Waals surface area contributed by atoms with Gasteiger partial charge in [0.1, 0.15) is 11.4 Å². The minimum Gasteiger partial charge on any atom is -0.506 e. The molecular weight excluding hydrogens is 328 g/mol. The summed E-state index contributed by atoms with van der Waals surface area (Å²) < 4.78 is 1.08. The Kier molecular flexibility index (Phi) is 3.15. The number of hydrogen-bond acceptors (Lipinski definition) is 5. The Morgan fingerprint density at radius 2 is 1.92 bits per heavy atom. The van der Waals surface area contributed by atoms with Crippen LogP contribution in [0.4, 0.5) is 0 Å². The predicted octanol–water partition coefficient (Wildman–Crippen LogP) is -0.617. The molecule has 0 atom stereocenters. The molecule has 7 N–H and O–H groups in total. The molecular formula is C15H14N6O4. The van der Waals surface area contributed by atoms with Gasteiger partial charge >= 0.3 is 11.4 Å². The molecule has 25 heavy (non-hydrogen) atoms. The quantitative estimate of drug-likeness (QED) is 0.291. The van der Waals surface area contributed by atoms with Crippen LogP contribution < -0.4 is 22.7 Å². The average molecular weight is 342 g/mol. The summed E-state index contributed by atoms with van der Waals surface area (Å²) in [5.74, 6) is -0.172. The average Bonchev–Trinajstić information content (AvgIpc) is 3.10. The third-order valence-corrected chi connectivity index (χ3v) is 4.10. The molecule has 0 saturated carbocycles. The fraction of sp³-hybridized carbons (Fsp3) is 0.133. The minimum absolute atomic E-state index is 0.0264. The maximum Gasteiger partial charge on any atom is 0.332 e. The van der Waals surface area contributed by atoms with E-state index in [-0.39, 0.29) is 22.6 Å². The molecule has 0 aliphatic rings. The van der Waals surface area contributed by atoms with Gasteiger partial charge < -0.3 is 15.8 Å². The number of aromatic hydroxyl groups is 1. The predicted molar refractivity (Wildman–Crippen MR) is 91.4 cm³/mol. The molecule has 4 aromatic rings. The molecule has 10 nitrogen and oxygen atoms in total. The first kappa shape index (κ1) is 15.0. The van der Waals surface area contributed by atoms with Crippen molar-refractivity contribution in [3.8, 4) is 11.4 Å². The van der Waals surface area contributed by atoms with Crippen LogP contribution in [0.15, 0.2) is 32.7 Å². The van der Waals surface area contributed by atoms with E-state index in [0.717, 1.165) is 10.1 Å². The van der Waals surface area contributed by atoms with E-state index in [0.29, 0.717) is 23.9 Å². The number of rotatable bonds is 3. The lowest BCUT2D eigenvalue weighted by Gasteiger charge is -2.09. The number of nitrogens with two attached hydrogens (primary N) is 1. The highest BCUT2D eigenvalue weighted by Crippen LogP contribution is 2.33. The lowest BCUT2D eigenvalue weighted by atomic mass is 10.1. The smallest absolute Gasteiger partial charge is 0.332 e. The van der Waals surface area contributed by atoms with Crippen LogP contribution >= 0.6 is 0 Å². The Morgan fingerprint density at radius 3 is 2.68 bits per heavy atom. The van der Waals surface area contributed by atoms with Crippen LogP contribution in [0.3, 0.4) is 0 Å². The van der Waals surface area contributed by atoms with E-state index in [9.17, 15) is 19.5 Å². The molecule has 0 fully saturated rings. The molecule has 0 aliphatic heterocycles. The molecule has 0 saturated heterocycles. The molecule has 0 spiro atoms. The van der Waals surface area contributed by atoms with E-state index in [1.54, 1.807) is 12.3 Å². The first-order valence-electron chi connectivity index (χ1n) is 7.51. The van der Waals surface area contributed by atoms with Gasteiger partial charge in [0.05, 0.1) is 0 Å². The summed E-state index contributed by atoms with van der Waals surface area (Å²) in [4.78, 5) is 46.0. The largest absolute Gasteiger partial charge is 0.506 e. The van der Waals surface area contributed by atoms with Crippen LogP contribution in [0, 0.1) is 0 Å². The zero-order valence-corrected chi connectivity index (χ0v) is 12.8. The molecule has 128 valence electrons. The molecule has 0 radical (unpaired) electrons. The van der Waals surface area contributed by atoms with Gasteiger partial charge in [-0.05, 0) is 30.7 Å². The summed E-state index contributed by atoms with van der Waals surface area (Å²) in [7, 11) is 0. The van der Waals surface area contributed by atoms with Crippen LogP contribution in [0.5, 0.6) is 5.75 Å². The zero-order chi connectivity index (χ0) is 17.7. The molecule has 10 heteroatoms. The van der Waals surface area contributed by atoms with Gasteiger partial charge in [-0.1, -0.05) is 0 Å². The van der Waals surface area contributed by atoms with Crippen molar-refractivity contribution < 1.29 is 5.11 Å². The zero-order valence-electron chi connectivity index (χ0n) is 12.8. The minimum atomic E-state index is -0.756. The number of fused-ring (bicyclic) bond motifs is 2. The van der Waals surface area contributed by atoms with Gasteiger partial charge in [-0.2, -0.15) is 0 Å². The third kappa shape index (κ3) is 2.11. The van der Waals surface area contributed by atoms with Crippen molar-refractivity contribution in [2.24, 2.45) is 5.73 Å². The number of aromatic amines is 4. The lowest BCUT2D eigenvalue weighted by molar-refractivity contribution is 0.473. The van der Waals surface area contributed by atoms with Crippen LogP contribution in [-0.4, -0.2) is 36.2 Å². The molecule has 0 bridgehead atoms. The number of benzene rings is 1. The second kappa shape index (κ2) is 5.24. The van der Waals surface area contributed by atoms with Gasteiger partial charge in [0.15, 0.2) is 11.2 Å². The summed E-state index contributed by atoms with van der Waals surface area (Å²) >= 11 is 0. The van der Waals surface area contributed by atoms with E-state index in [2.05, 4.69) is 15.0 Å². The summed E-state index contributed by atoms with van der Waals surface area (Å²) in [6.45, 7) is 0.376. The SMILES string of the molecule is NCCc1c[nH]c2ccc(O)c(-n3c(=O)[nH]c4c(=O)[nH]c(=O)[nH]c43)c12. The number of nitrogens with one attached hydrogen (secondary N) is 4. The van der Waals surface area contributed by atoms with E-state index < -0.39 is 16.9 Å². The van der Waals surface area contributed by atoms with Crippen molar-refractivity contribution in [2.75, 3.05) is 6.54 Å². The lowest BCUT2D eigenvalue weighted by Crippen LogP contribution is -2.22. The van der Waals surface area contributed by atoms with Crippen LogP contribution in [0.2, 0.25) is 0 Å². The fourth-order valence-electron chi connectivity index (χ4n) is 3.08. The van der Waals surface area contributed by atoms with Gasteiger partial charge in [0.25, 0.3) is 5.56 Å². The molecule has 1 aromatic carbocycles. The second-order valence-corrected chi connectivity index (χ2v) is 5.61. The van der Waals surface area contributed by atoms with Crippen molar-refractivity contribution in [1.29, 1.82) is 0 Å². The molecule has 0 aliphatic carbocycles. The molecule has 4 rings (SSSR count).